The van der Waals surface area contributed by atoms with Crippen molar-refractivity contribution in [3.8, 4) is 0 Å². The highest BCUT2D eigenvalue weighted by Crippen LogP contribution is 2.23. The molecule has 0 aromatic heterocycles. The number of amides is 2. The van der Waals surface area contributed by atoms with Gasteiger partial charge in [-0.1, -0.05) is 19.4 Å². The summed E-state index contributed by atoms with van der Waals surface area (Å²) in [5, 5.41) is 5.90. The number of ether oxygens (including phenoxy) is 1. The minimum Gasteiger partial charge on any atom is -0.378 e. The van der Waals surface area contributed by atoms with Gasteiger partial charge in [0.05, 0.1) is 6.10 Å². The van der Waals surface area contributed by atoms with Crippen molar-refractivity contribution in [3.05, 3.63) is 24.3 Å². The van der Waals surface area contributed by atoms with Gasteiger partial charge in [-0.05, 0) is 56.7 Å². The average Bonchev–Trinajstić information content (AvgIpc) is 3.40. The fourth-order valence-corrected chi connectivity index (χ4v) is 3.97. The Hall–Kier alpha value is -2.08. The molecule has 3 rings (SSSR count). The minimum atomic E-state index is -0.502. The van der Waals surface area contributed by atoms with E-state index in [4.69, 9.17) is 4.74 Å². The normalized spacial score (nSPS) is 20.2. The molecule has 2 fully saturated rings. The average molecular weight is 388 g/mol. The molecule has 0 spiro atoms. The number of hydrogen-bond donors (Lipinski definition) is 2. The molecule has 2 aliphatic rings. The second-order valence-electron chi connectivity index (χ2n) is 7.82. The lowest BCUT2D eigenvalue weighted by molar-refractivity contribution is -0.127. The van der Waals surface area contributed by atoms with Gasteiger partial charge in [-0.2, -0.15) is 0 Å². The maximum Gasteiger partial charge on any atom is 0.246 e. The lowest BCUT2D eigenvalue weighted by atomic mass is 10.1. The van der Waals surface area contributed by atoms with Gasteiger partial charge in [0.25, 0.3) is 0 Å². The van der Waals surface area contributed by atoms with Crippen LogP contribution in [0.1, 0.15) is 58.3 Å². The Balaban J connectivity index is 1.53. The molecule has 6 heteroatoms. The van der Waals surface area contributed by atoms with Crippen LogP contribution in [0, 0.1) is 0 Å². The Bertz CT molecular complexity index is 652. The van der Waals surface area contributed by atoms with E-state index in [0.717, 1.165) is 56.8 Å². The van der Waals surface area contributed by atoms with Crippen molar-refractivity contribution in [2.75, 3.05) is 29.9 Å². The smallest absolute Gasteiger partial charge is 0.246 e. The summed E-state index contributed by atoms with van der Waals surface area (Å²) in [5.74, 6) is -0.221. The first-order valence-electron chi connectivity index (χ1n) is 10.7. The highest BCUT2D eigenvalue weighted by molar-refractivity contribution is 5.97. The van der Waals surface area contributed by atoms with Gasteiger partial charge in [-0.15, -0.1) is 0 Å². The molecule has 0 bridgehead atoms. The van der Waals surface area contributed by atoms with Crippen molar-refractivity contribution in [2.24, 2.45) is 0 Å². The second-order valence-corrected chi connectivity index (χ2v) is 7.82. The van der Waals surface area contributed by atoms with E-state index in [1.165, 1.54) is 12.8 Å². The summed E-state index contributed by atoms with van der Waals surface area (Å²) >= 11 is 0. The Morgan fingerprint density at radius 3 is 2.79 bits per heavy atom. The Labute approximate surface area is 168 Å². The molecule has 2 saturated heterocycles. The molecule has 6 nitrogen and oxygen atoms in total. The molecule has 2 amide bonds. The zero-order valence-corrected chi connectivity index (χ0v) is 16.9. The van der Waals surface area contributed by atoms with Crippen LogP contribution in [-0.4, -0.2) is 43.7 Å². The minimum absolute atomic E-state index is 0.0742. The molecule has 2 aliphatic heterocycles. The number of rotatable bonds is 9. The fraction of sp³-hybridized carbons (Fsp3) is 0.636. The third kappa shape index (κ3) is 5.96. The van der Waals surface area contributed by atoms with Crippen molar-refractivity contribution in [1.29, 1.82) is 0 Å². The maximum absolute atomic E-state index is 12.8. The highest BCUT2D eigenvalue weighted by Gasteiger charge is 2.22. The van der Waals surface area contributed by atoms with E-state index in [0.29, 0.717) is 12.8 Å². The number of carbonyl (C=O) groups excluding carboxylic acids is 2. The lowest BCUT2D eigenvalue weighted by Gasteiger charge is -2.21. The molecular formula is C22H33N3O3. The SMILES string of the molecule is CCCC(NC(=O)CCC1CCCO1)C(=O)Nc1cccc(N2CCCC2)c1. The number of nitrogens with one attached hydrogen (secondary N) is 2. The van der Waals surface area contributed by atoms with Crippen molar-refractivity contribution in [3.63, 3.8) is 0 Å². The summed E-state index contributed by atoms with van der Waals surface area (Å²) in [6.07, 6.45) is 7.31. The summed E-state index contributed by atoms with van der Waals surface area (Å²) in [7, 11) is 0. The van der Waals surface area contributed by atoms with E-state index in [9.17, 15) is 9.59 Å². The van der Waals surface area contributed by atoms with Crippen LogP contribution in [0.5, 0.6) is 0 Å². The molecule has 2 N–H and O–H groups in total. The van der Waals surface area contributed by atoms with Gasteiger partial charge >= 0.3 is 0 Å². The van der Waals surface area contributed by atoms with E-state index in [-0.39, 0.29) is 17.9 Å². The van der Waals surface area contributed by atoms with Crippen LogP contribution in [-0.2, 0) is 14.3 Å². The summed E-state index contributed by atoms with van der Waals surface area (Å²) in [6, 6.07) is 7.47. The van der Waals surface area contributed by atoms with Gasteiger partial charge in [0, 0.05) is 37.5 Å². The first-order valence-corrected chi connectivity index (χ1v) is 10.7. The molecule has 1 aromatic carbocycles. The Morgan fingerprint density at radius 2 is 2.07 bits per heavy atom. The van der Waals surface area contributed by atoms with Crippen molar-refractivity contribution < 1.29 is 14.3 Å². The number of nitrogens with zero attached hydrogens (tertiary/aromatic N) is 1. The van der Waals surface area contributed by atoms with Crippen LogP contribution < -0.4 is 15.5 Å². The third-order valence-electron chi connectivity index (χ3n) is 5.53. The molecule has 2 atom stereocenters. The third-order valence-corrected chi connectivity index (χ3v) is 5.53. The van der Waals surface area contributed by atoms with Gasteiger partial charge in [-0.3, -0.25) is 9.59 Å². The zero-order chi connectivity index (χ0) is 19.8. The van der Waals surface area contributed by atoms with Crippen molar-refractivity contribution in [1.82, 2.24) is 5.32 Å². The molecular weight excluding hydrogens is 354 g/mol. The molecule has 154 valence electrons. The van der Waals surface area contributed by atoms with Gasteiger partial charge in [0.15, 0.2) is 0 Å². The van der Waals surface area contributed by atoms with Crippen LogP contribution in [0.25, 0.3) is 0 Å². The number of anilines is 2. The summed E-state index contributed by atoms with van der Waals surface area (Å²) in [6.45, 7) is 4.95. The van der Waals surface area contributed by atoms with Crippen LogP contribution in [0.4, 0.5) is 11.4 Å². The zero-order valence-electron chi connectivity index (χ0n) is 16.9. The van der Waals surface area contributed by atoms with Gasteiger partial charge in [0.1, 0.15) is 6.04 Å². The lowest BCUT2D eigenvalue weighted by Crippen LogP contribution is -2.43. The van der Waals surface area contributed by atoms with Crippen LogP contribution in [0.15, 0.2) is 24.3 Å². The predicted molar refractivity (Wildman–Crippen MR) is 112 cm³/mol. The quantitative estimate of drug-likeness (QED) is 0.681. The van der Waals surface area contributed by atoms with Crippen LogP contribution in [0.3, 0.4) is 0 Å². The van der Waals surface area contributed by atoms with E-state index >= 15 is 0 Å². The summed E-state index contributed by atoms with van der Waals surface area (Å²) in [4.78, 5) is 27.4. The topological polar surface area (TPSA) is 70.7 Å². The molecule has 1 aromatic rings. The maximum atomic E-state index is 12.8. The standard InChI is InChI=1S/C22H33N3O3/c1-2-7-20(24-21(26)12-11-19-10-6-15-28-19)22(27)23-17-8-5-9-18(16-17)25-13-3-4-14-25/h5,8-9,16,19-20H,2-4,6-7,10-15H2,1H3,(H,23,27)(H,24,26). The molecule has 0 radical (unpaired) electrons. The number of benzene rings is 1. The summed E-state index contributed by atoms with van der Waals surface area (Å²) < 4.78 is 5.57. The highest BCUT2D eigenvalue weighted by atomic mass is 16.5. The summed E-state index contributed by atoms with van der Waals surface area (Å²) in [5.41, 5.74) is 1.92. The van der Waals surface area contributed by atoms with Gasteiger partial charge in [0.2, 0.25) is 11.8 Å². The predicted octanol–water partition coefficient (Wildman–Crippen LogP) is 3.47. The molecule has 2 unspecified atom stereocenters. The van der Waals surface area contributed by atoms with E-state index < -0.39 is 6.04 Å². The van der Waals surface area contributed by atoms with Crippen molar-refractivity contribution >= 4 is 23.2 Å². The Morgan fingerprint density at radius 1 is 1.25 bits per heavy atom. The van der Waals surface area contributed by atoms with E-state index in [1.54, 1.807) is 0 Å². The number of carbonyl (C=O) groups is 2. The molecule has 0 aliphatic carbocycles. The first-order chi connectivity index (χ1) is 13.7. The molecule has 28 heavy (non-hydrogen) atoms. The van der Waals surface area contributed by atoms with E-state index in [2.05, 4.69) is 21.6 Å². The van der Waals surface area contributed by atoms with Crippen LogP contribution >= 0.6 is 0 Å². The second kappa shape index (κ2) is 10.5. The molecule has 0 saturated carbocycles. The first kappa shape index (κ1) is 20.6. The van der Waals surface area contributed by atoms with Gasteiger partial charge < -0.3 is 20.3 Å². The fourth-order valence-electron chi connectivity index (χ4n) is 3.97. The van der Waals surface area contributed by atoms with Gasteiger partial charge in [-0.25, -0.2) is 0 Å². The van der Waals surface area contributed by atoms with E-state index in [1.807, 2.05) is 25.1 Å². The Kier molecular flexibility index (Phi) is 7.71. The van der Waals surface area contributed by atoms with Crippen LogP contribution in [0.2, 0.25) is 0 Å². The number of hydrogen-bond acceptors (Lipinski definition) is 4. The monoisotopic (exact) mass is 387 g/mol. The largest absolute Gasteiger partial charge is 0.378 e. The van der Waals surface area contributed by atoms with Crippen molar-refractivity contribution in [2.45, 2.75) is 70.4 Å². The molecule has 2 heterocycles.